The number of halogens is 2. The Morgan fingerprint density at radius 2 is 1.91 bits per heavy atom. The van der Waals surface area contributed by atoms with Crippen molar-refractivity contribution in [3.63, 3.8) is 0 Å². The normalized spacial score (nSPS) is 10.6. The first-order chi connectivity index (χ1) is 10.6. The number of nitrogens with zero attached hydrogens (tertiary/aromatic N) is 2. The number of hydrogen-bond acceptors (Lipinski definition) is 3. The second kappa shape index (κ2) is 6.12. The van der Waals surface area contributed by atoms with Crippen LogP contribution in [0.3, 0.4) is 0 Å². The molecule has 0 spiro atoms. The molecule has 1 aromatic heterocycles. The van der Waals surface area contributed by atoms with Gasteiger partial charge in [0.2, 0.25) is 5.28 Å². The van der Waals surface area contributed by atoms with Crippen LogP contribution in [0.5, 0.6) is 0 Å². The Hall–Kier alpha value is -2.46. The molecule has 0 atom stereocenters. The van der Waals surface area contributed by atoms with Crippen molar-refractivity contribution in [3.05, 3.63) is 77.0 Å². The average Bonchev–Trinajstić information content (AvgIpc) is 2.49. The van der Waals surface area contributed by atoms with Gasteiger partial charge in [-0.2, -0.15) is 0 Å². The van der Waals surface area contributed by atoms with Gasteiger partial charge in [-0.1, -0.05) is 24.3 Å². The van der Waals surface area contributed by atoms with Crippen LogP contribution in [0.15, 0.2) is 54.7 Å². The van der Waals surface area contributed by atoms with Gasteiger partial charge in [0.15, 0.2) is 0 Å². The Labute approximate surface area is 132 Å². The highest BCUT2D eigenvalue weighted by Gasteiger charge is 2.10. The zero-order chi connectivity index (χ0) is 15.5. The van der Waals surface area contributed by atoms with Gasteiger partial charge in [0, 0.05) is 29.4 Å². The van der Waals surface area contributed by atoms with Gasteiger partial charge >= 0.3 is 0 Å². The van der Waals surface area contributed by atoms with Crippen molar-refractivity contribution < 1.29 is 4.39 Å². The number of hydrogen-bond donors (Lipinski definition) is 1. The summed E-state index contributed by atoms with van der Waals surface area (Å²) in [5.41, 5.74) is 9.74. The molecule has 0 amide bonds. The predicted molar refractivity (Wildman–Crippen MR) is 86.1 cm³/mol. The van der Waals surface area contributed by atoms with E-state index in [0.717, 1.165) is 16.7 Å². The molecule has 22 heavy (non-hydrogen) atoms. The van der Waals surface area contributed by atoms with Crippen molar-refractivity contribution in [1.29, 1.82) is 0 Å². The van der Waals surface area contributed by atoms with Crippen molar-refractivity contribution in [2.45, 2.75) is 6.42 Å². The molecule has 3 aromatic rings. The fourth-order valence-electron chi connectivity index (χ4n) is 2.32. The zero-order valence-electron chi connectivity index (χ0n) is 11.6. The SMILES string of the molecule is Nc1cccc(-c2nc(Cl)ncc2Cc2cccc(F)c2)c1. The maximum atomic E-state index is 13.3. The van der Waals surface area contributed by atoms with E-state index in [0.29, 0.717) is 17.8 Å². The Morgan fingerprint density at radius 3 is 2.68 bits per heavy atom. The standard InChI is InChI=1S/C17H13ClFN3/c18-17-21-10-13(7-11-3-1-5-14(19)8-11)16(22-17)12-4-2-6-15(20)9-12/h1-6,8-10H,7,20H2. The minimum Gasteiger partial charge on any atom is -0.399 e. The molecule has 0 saturated heterocycles. The van der Waals surface area contributed by atoms with E-state index < -0.39 is 0 Å². The highest BCUT2D eigenvalue weighted by Crippen LogP contribution is 2.26. The van der Waals surface area contributed by atoms with Gasteiger partial charge in [-0.05, 0) is 41.4 Å². The lowest BCUT2D eigenvalue weighted by atomic mass is 10.0. The van der Waals surface area contributed by atoms with Crippen molar-refractivity contribution in [2.75, 3.05) is 5.73 Å². The van der Waals surface area contributed by atoms with Crippen molar-refractivity contribution in [3.8, 4) is 11.3 Å². The molecule has 0 radical (unpaired) electrons. The maximum absolute atomic E-state index is 13.3. The number of anilines is 1. The molecule has 5 heteroatoms. The highest BCUT2D eigenvalue weighted by molar-refractivity contribution is 6.28. The van der Waals surface area contributed by atoms with Crippen LogP contribution in [-0.2, 0) is 6.42 Å². The predicted octanol–water partition coefficient (Wildman–Crippen LogP) is 4.11. The van der Waals surface area contributed by atoms with Crippen LogP contribution >= 0.6 is 11.6 Å². The van der Waals surface area contributed by atoms with E-state index in [1.165, 1.54) is 12.1 Å². The fraction of sp³-hybridized carbons (Fsp3) is 0.0588. The highest BCUT2D eigenvalue weighted by atomic mass is 35.5. The molecule has 0 fully saturated rings. The average molecular weight is 314 g/mol. The second-order valence-electron chi connectivity index (χ2n) is 4.95. The van der Waals surface area contributed by atoms with Crippen LogP contribution in [-0.4, -0.2) is 9.97 Å². The monoisotopic (exact) mass is 313 g/mol. The smallest absolute Gasteiger partial charge is 0.222 e. The van der Waals surface area contributed by atoms with Crippen LogP contribution < -0.4 is 5.73 Å². The summed E-state index contributed by atoms with van der Waals surface area (Å²) in [4.78, 5) is 8.34. The zero-order valence-corrected chi connectivity index (χ0v) is 12.4. The van der Waals surface area contributed by atoms with E-state index in [9.17, 15) is 4.39 Å². The first-order valence-corrected chi connectivity index (χ1v) is 7.11. The summed E-state index contributed by atoms with van der Waals surface area (Å²) in [5.74, 6) is -0.266. The third-order valence-electron chi connectivity index (χ3n) is 3.28. The van der Waals surface area contributed by atoms with E-state index in [2.05, 4.69) is 9.97 Å². The van der Waals surface area contributed by atoms with Crippen LogP contribution in [0.1, 0.15) is 11.1 Å². The number of aromatic nitrogens is 2. The lowest BCUT2D eigenvalue weighted by Crippen LogP contribution is -1.98. The molecular weight excluding hydrogens is 301 g/mol. The number of rotatable bonds is 3. The van der Waals surface area contributed by atoms with Gasteiger partial charge in [0.1, 0.15) is 5.82 Å². The first kappa shape index (κ1) is 14.5. The summed E-state index contributed by atoms with van der Waals surface area (Å²) < 4.78 is 13.3. The molecule has 2 N–H and O–H groups in total. The summed E-state index contributed by atoms with van der Waals surface area (Å²) in [5, 5.41) is 0.167. The van der Waals surface area contributed by atoms with Crippen molar-refractivity contribution in [2.24, 2.45) is 0 Å². The topological polar surface area (TPSA) is 51.8 Å². The van der Waals surface area contributed by atoms with Gasteiger partial charge in [0.25, 0.3) is 0 Å². The molecule has 3 rings (SSSR count). The molecule has 0 saturated carbocycles. The van der Waals surface area contributed by atoms with Crippen molar-refractivity contribution >= 4 is 17.3 Å². The van der Waals surface area contributed by atoms with Gasteiger partial charge in [-0.15, -0.1) is 0 Å². The van der Waals surface area contributed by atoms with Crippen molar-refractivity contribution in [1.82, 2.24) is 9.97 Å². The summed E-state index contributed by atoms with van der Waals surface area (Å²) in [6.45, 7) is 0. The molecule has 1 heterocycles. The van der Waals surface area contributed by atoms with Gasteiger partial charge < -0.3 is 5.73 Å². The molecule has 0 aliphatic heterocycles. The number of nitrogen functional groups attached to an aromatic ring is 1. The molecule has 0 unspecified atom stereocenters. The molecule has 0 bridgehead atoms. The van der Waals surface area contributed by atoms with Crippen LogP contribution in [0.2, 0.25) is 5.28 Å². The molecule has 0 aliphatic rings. The van der Waals surface area contributed by atoms with Gasteiger partial charge in [-0.25, -0.2) is 14.4 Å². The molecule has 3 nitrogen and oxygen atoms in total. The summed E-state index contributed by atoms with van der Waals surface area (Å²) in [7, 11) is 0. The summed E-state index contributed by atoms with van der Waals surface area (Å²) >= 11 is 5.92. The van der Waals surface area contributed by atoms with Gasteiger partial charge in [0.05, 0.1) is 5.69 Å². The maximum Gasteiger partial charge on any atom is 0.222 e. The van der Waals surface area contributed by atoms with Crippen LogP contribution in [0.4, 0.5) is 10.1 Å². The Morgan fingerprint density at radius 1 is 1.09 bits per heavy atom. The number of nitrogens with two attached hydrogens (primary N) is 1. The molecule has 110 valence electrons. The van der Waals surface area contributed by atoms with E-state index in [4.69, 9.17) is 17.3 Å². The third-order valence-corrected chi connectivity index (χ3v) is 3.46. The minimum absolute atomic E-state index is 0.167. The second-order valence-corrected chi connectivity index (χ2v) is 5.28. The lowest BCUT2D eigenvalue weighted by Gasteiger charge is -2.10. The fourth-order valence-corrected chi connectivity index (χ4v) is 2.45. The van der Waals surface area contributed by atoms with E-state index >= 15 is 0 Å². The molecule has 0 aliphatic carbocycles. The number of benzene rings is 2. The first-order valence-electron chi connectivity index (χ1n) is 6.73. The quantitative estimate of drug-likeness (QED) is 0.585. The lowest BCUT2D eigenvalue weighted by molar-refractivity contribution is 0.626. The summed E-state index contributed by atoms with van der Waals surface area (Å²) in [6.07, 6.45) is 2.18. The van der Waals surface area contributed by atoms with E-state index in [-0.39, 0.29) is 11.1 Å². The Balaban J connectivity index is 2.05. The minimum atomic E-state index is -0.266. The van der Waals surface area contributed by atoms with Crippen LogP contribution in [0.25, 0.3) is 11.3 Å². The van der Waals surface area contributed by atoms with E-state index in [1.807, 2.05) is 24.3 Å². The molecular formula is C17H13ClFN3. The van der Waals surface area contributed by atoms with Crippen LogP contribution in [0, 0.1) is 5.82 Å². The van der Waals surface area contributed by atoms with Gasteiger partial charge in [-0.3, -0.25) is 0 Å². The Kier molecular flexibility index (Phi) is 4.02. The molecule has 2 aromatic carbocycles. The Bertz CT molecular complexity index is 821. The van der Waals surface area contributed by atoms with E-state index in [1.54, 1.807) is 18.3 Å². The third kappa shape index (κ3) is 3.23. The largest absolute Gasteiger partial charge is 0.399 e. The summed E-state index contributed by atoms with van der Waals surface area (Å²) in [6, 6.07) is 13.9.